The molecular formula is C2H2ClF2I. The van der Waals surface area contributed by atoms with E-state index in [9.17, 15) is 8.78 Å². The maximum Gasteiger partial charge on any atom is 0.261 e. The normalized spacial score (nSPS) is 20.0. The average Bonchev–Trinajstić information content (AvgIpc) is 1.35. The number of halogens is 4. The van der Waals surface area contributed by atoms with Crippen LogP contribution in [0.1, 0.15) is 0 Å². The van der Waals surface area contributed by atoms with Gasteiger partial charge in [0.15, 0.2) is 0 Å². The van der Waals surface area contributed by atoms with Crippen molar-refractivity contribution in [1.29, 1.82) is 0 Å². The number of hydrogen-bond donors (Lipinski definition) is 0. The molecule has 0 rings (SSSR count). The lowest BCUT2D eigenvalue weighted by molar-refractivity contribution is 0.327. The van der Waals surface area contributed by atoms with Crippen molar-refractivity contribution in [3.63, 3.8) is 0 Å². The zero-order valence-electron chi connectivity index (χ0n) is 2.72. The molecule has 0 aliphatic carbocycles. The zero-order chi connectivity index (χ0) is 5.21. The van der Waals surface area contributed by atoms with E-state index in [0.29, 0.717) is 0 Å². The third kappa shape index (κ3) is 4.88. The van der Waals surface area contributed by atoms with Gasteiger partial charge in [0.2, 0.25) is 0 Å². The van der Waals surface area contributed by atoms with Crippen LogP contribution in [0.5, 0.6) is 0 Å². The molecule has 1 atom stereocenters. The van der Waals surface area contributed by atoms with E-state index in [-0.39, 0.29) is 0 Å². The molecule has 38 valence electrons. The fraction of sp³-hybridized carbons (Fsp3) is 1.00. The quantitative estimate of drug-likeness (QED) is 0.475. The average molecular weight is 226 g/mol. The van der Waals surface area contributed by atoms with Gasteiger partial charge in [-0.15, -0.1) is 0 Å². The second kappa shape index (κ2) is 2.26. The van der Waals surface area contributed by atoms with Crippen LogP contribution in [-0.2, 0) is 0 Å². The van der Waals surface area contributed by atoms with E-state index in [1.165, 1.54) is 0 Å². The van der Waals surface area contributed by atoms with Crippen LogP contribution in [0.3, 0.4) is 0 Å². The van der Waals surface area contributed by atoms with Crippen LogP contribution in [0.15, 0.2) is 0 Å². The molecule has 0 radical (unpaired) electrons. The Morgan fingerprint density at radius 3 is 2.00 bits per heavy atom. The van der Waals surface area contributed by atoms with Crippen LogP contribution in [0, 0.1) is 0 Å². The molecule has 6 heavy (non-hydrogen) atoms. The van der Waals surface area contributed by atoms with Gasteiger partial charge in [-0.05, 0) is 22.6 Å². The molecule has 0 saturated heterocycles. The zero-order valence-corrected chi connectivity index (χ0v) is 5.63. The molecule has 0 N–H and O–H groups in total. The first kappa shape index (κ1) is 6.88. The standard InChI is InChI=1S/C2H2ClF2I/c3-2(5,6)1-4/h1H2. The van der Waals surface area contributed by atoms with Gasteiger partial charge in [-0.3, -0.25) is 0 Å². The van der Waals surface area contributed by atoms with E-state index >= 15 is 0 Å². The highest BCUT2D eigenvalue weighted by Crippen LogP contribution is 2.25. The first-order valence-electron chi connectivity index (χ1n) is 1.19. The highest BCUT2D eigenvalue weighted by molar-refractivity contribution is 14.1. The third-order valence-corrected chi connectivity index (χ3v) is 0.541. The summed E-state index contributed by atoms with van der Waals surface area (Å²) in [6.45, 7) is -1.14. The number of rotatable bonds is 1. The SMILES string of the molecule is FCC(F)(Cl)I. The summed E-state index contributed by atoms with van der Waals surface area (Å²) in [5, 5.41) is 0. The number of alkyl halides is 4. The molecule has 0 fully saturated rings. The first-order chi connectivity index (χ1) is 2.56. The highest BCUT2D eigenvalue weighted by atomic mass is 127. The van der Waals surface area contributed by atoms with Gasteiger partial charge in [0, 0.05) is 0 Å². The van der Waals surface area contributed by atoms with Crippen molar-refractivity contribution in [2.24, 2.45) is 0 Å². The summed E-state index contributed by atoms with van der Waals surface area (Å²) < 4.78 is 20.3. The van der Waals surface area contributed by atoms with E-state index in [4.69, 9.17) is 0 Å². The van der Waals surface area contributed by atoms with Crippen LogP contribution in [0.2, 0.25) is 0 Å². The van der Waals surface area contributed by atoms with Crippen LogP contribution >= 0.6 is 34.2 Å². The Morgan fingerprint density at radius 1 is 1.83 bits per heavy atom. The Kier molecular flexibility index (Phi) is 2.59. The predicted molar refractivity (Wildman–Crippen MR) is 29.7 cm³/mol. The van der Waals surface area contributed by atoms with Crippen molar-refractivity contribution >= 4 is 34.2 Å². The molecule has 0 spiro atoms. The summed E-state index contributed by atoms with van der Waals surface area (Å²) in [5.41, 5.74) is 0. The lowest BCUT2D eigenvalue weighted by Crippen LogP contribution is -2.03. The van der Waals surface area contributed by atoms with E-state index in [1.807, 2.05) is 0 Å². The Bertz CT molecular complexity index is 41.3. The minimum Gasteiger partial charge on any atom is -0.245 e. The predicted octanol–water partition coefficient (Wildman–Crippen LogP) is 2.25. The third-order valence-electron chi connectivity index (χ3n) is 0.152. The molecule has 1 unspecified atom stereocenters. The van der Waals surface area contributed by atoms with E-state index in [2.05, 4.69) is 11.6 Å². The smallest absolute Gasteiger partial charge is 0.245 e. The van der Waals surface area contributed by atoms with E-state index < -0.39 is 9.81 Å². The fourth-order valence-electron chi connectivity index (χ4n) is 0. The van der Waals surface area contributed by atoms with E-state index in [1.54, 1.807) is 0 Å². The lowest BCUT2D eigenvalue weighted by Gasteiger charge is -1.98. The summed E-state index contributed by atoms with van der Waals surface area (Å²) in [5.74, 6) is 0. The molecule has 4 heteroatoms. The van der Waals surface area contributed by atoms with Crippen molar-refractivity contribution in [3.8, 4) is 0 Å². The lowest BCUT2D eigenvalue weighted by atomic mass is 10.9. The summed E-state index contributed by atoms with van der Waals surface area (Å²) in [4.78, 5) is 0. The van der Waals surface area contributed by atoms with Crippen molar-refractivity contribution in [1.82, 2.24) is 0 Å². The van der Waals surface area contributed by atoms with Gasteiger partial charge in [-0.1, -0.05) is 11.6 Å². The molecule has 0 aromatic carbocycles. The Balaban J connectivity index is 3.17. The van der Waals surface area contributed by atoms with Crippen LogP contribution < -0.4 is 0 Å². The summed E-state index contributed by atoms with van der Waals surface area (Å²) in [6, 6.07) is 0. The van der Waals surface area contributed by atoms with Gasteiger partial charge < -0.3 is 0 Å². The summed E-state index contributed by atoms with van der Waals surface area (Å²) in [7, 11) is 0. The molecule has 0 amide bonds. The topological polar surface area (TPSA) is 0 Å². The molecule has 0 aromatic rings. The van der Waals surface area contributed by atoms with Crippen molar-refractivity contribution in [2.75, 3.05) is 6.67 Å². The van der Waals surface area contributed by atoms with Gasteiger partial charge in [-0.25, -0.2) is 8.78 Å². The molecule has 0 heterocycles. The van der Waals surface area contributed by atoms with Crippen LogP contribution in [0.25, 0.3) is 0 Å². The van der Waals surface area contributed by atoms with Gasteiger partial charge in [-0.2, -0.15) is 0 Å². The second-order valence-corrected chi connectivity index (χ2v) is 3.70. The monoisotopic (exact) mass is 226 g/mol. The second-order valence-electron chi connectivity index (χ2n) is 0.749. The Morgan fingerprint density at radius 2 is 2.00 bits per heavy atom. The van der Waals surface area contributed by atoms with Gasteiger partial charge >= 0.3 is 0 Å². The summed E-state index contributed by atoms with van der Waals surface area (Å²) >= 11 is 5.83. The molecule has 0 bridgehead atoms. The Labute approximate surface area is 53.0 Å². The van der Waals surface area contributed by atoms with Crippen molar-refractivity contribution < 1.29 is 8.78 Å². The van der Waals surface area contributed by atoms with Crippen LogP contribution in [-0.4, -0.2) is 9.81 Å². The van der Waals surface area contributed by atoms with Crippen molar-refractivity contribution in [3.05, 3.63) is 0 Å². The van der Waals surface area contributed by atoms with Gasteiger partial charge in [0.25, 0.3) is 3.13 Å². The molecule has 0 saturated carbocycles. The molecule has 0 nitrogen and oxygen atoms in total. The maximum absolute atomic E-state index is 11.5. The minimum absolute atomic E-state index is 1.14. The first-order valence-corrected chi connectivity index (χ1v) is 2.64. The van der Waals surface area contributed by atoms with Crippen LogP contribution in [0.4, 0.5) is 8.78 Å². The van der Waals surface area contributed by atoms with Crippen molar-refractivity contribution in [2.45, 2.75) is 3.13 Å². The molecule has 0 aromatic heterocycles. The van der Waals surface area contributed by atoms with E-state index in [0.717, 1.165) is 22.6 Å². The number of hydrogen-bond acceptors (Lipinski definition) is 0. The molecular weight excluding hydrogens is 224 g/mol. The largest absolute Gasteiger partial charge is 0.261 e. The Hall–Kier alpha value is 0.880. The summed E-state index contributed by atoms with van der Waals surface area (Å²) in [6.07, 6.45) is 0. The fourth-order valence-corrected chi connectivity index (χ4v) is 0. The highest BCUT2D eigenvalue weighted by Gasteiger charge is 2.19. The van der Waals surface area contributed by atoms with Gasteiger partial charge in [0.1, 0.15) is 6.67 Å². The minimum atomic E-state index is -2.18. The molecule has 0 aliphatic rings. The maximum atomic E-state index is 11.5. The van der Waals surface area contributed by atoms with Gasteiger partial charge in [0.05, 0.1) is 0 Å². The molecule has 0 aliphatic heterocycles.